The normalized spacial score (nSPS) is 13.1. The standard InChI is InChI=1S/C10H11Cl2NO4S/c1-6(10(14)15)13(18(2,16)17)9-4-3-7(11)5-8(9)12/h3-6H,1-2H3,(H,14,15). The first-order chi connectivity index (χ1) is 8.14. The van der Waals surface area contributed by atoms with Gasteiger partial charge in [0.1, 0.15) is 6.04 Å². The van der Waals surface area contributed by atoms with Crippen LogP contribution in [0.4, 0.5) is 5.69 Å². The molecule has 1 aromatic rings. The van der Waals surface area contributed by atoms with E-state index in [1.165, 1.54) is 25.1 Å². The SMILES string of the molecule is CC(C(=O)O)N(c1ccc(Cl)cc1Cl)S(C)(=O)=O. The van der Waals surface area contributed by atoms with E-state index in [1.807, 2.05) is 0 Å². The Morgan fingerprint density at radius 2 is 1.94 bits per heavy atom. The zero-order valence-electron chi connectivity index (χ0n) is 9.59. The van der Waals surface area contributed by atoms with Gasteiger partial charge in [0.2, 0.25) is 10.0 Å². The van der Waals surface area contributed by atoms with Crippen LogP contribution in [0, 0.1) is 0 Å². The van der Waals surface area contributed by atoms with Crippen molar-refractivity contribution < 1.29 is 18.3 Å². The Labute approximate surface area is 115 Å². The smallest absolute Gasteiger partial charge is 0.327 e. The fourth-order valence-electron chi connectivity index (χ4n) is 1.43. The Kier molecular flexibility index (Phi) is 4.47. The molecule has 0 amide bonds. The molecule has 1 rings (SSSR count). The molecule has 0 aliphatic heterocycles. The van der Waals surface area contributed by atoms with Crippen molar-refractivity contribution in [2.75, 3.05) is 10.6 Å². The average Bonchev–Trinajstić information content (AvgIpc) is 2.19. The summed E-state index contributed by atoms with van der Waals surface area (Å²) in [5.74, 6) is -1.27. The van der Waals surface area contributed by atoms with Crippen molar-refractivity contribution in [2.24, 2.45) is 0 Å². The van der Waals surface area contributed by atoms with Gasteiger partial charge in [-0.15, -0.1) is 0 Å². The highest BCUT2D eigenvalue weighted by Crippen LogP contribution is 2.31. The van der Waals surface area contributed by atoms with Crippen molar-refractivity contribution in [3.63, 3.8) is 0 Å². The molecule has 18 heavy (non-hydrogen) atoms. The van der Waals surface area contributed by atoms with Crippen molar-refractivity contribution in [1.29, 1.82) is 0 Å². The molecule has 0 saturated carbocycles. The van der Waals surface area contributed by atoms with E-state index in [4.69, 9.17) is 28.3 Å². The maximum atomic E-state index is 11.7. The quantitative estimate of drug-likeness (QED) is 0.925. The molecule has 5 nitrogen and oxygen atoms in total. The Hall–Kier alpha value is -0.980. The number of aliphatic carboxylic acids is 1. The third-order valence-corrected chi connectivity index (χ3v) is 3.98. The number of benzene rings is 1. The lowest BCUT2D eigenvalue weighted by atomic mass is 10.2. The fourth-order valence-corrected chi connectivity index (χ4v) is 3.17. The highest BCUT2D eigenvalue weighted by Gasteiger charge is 2.30. The molecule has 0 fully saturated rings. The van der Waals surface area contributed by atoms with Crippen LogP contribution in [0.5, 0.6) is 0 Å². The maximum Gasteiger partial charge on any atom is 0.327 e. The molecule has 0 aromatic heterocycles. The number of nitrogens with zero attached hydrogens (tertiary/aromatic N) is 1. The summed E-state index contributed by atoms with van der Waals surface area (Å²) in [5, 5.41) is 9.35. The predicted octanol–water partition coefficient (Wildman–Crippen LogP) is 2.23. The number of carboxylic acid groups (broad SMARTS) is 1. The van der Waals surface area contributed by atoms with E-state index in [2.05, 4.69) is 0 Å². The highest BCUT2D eigenvalue weighted by molar-refractivity contribution is 7.92. The van der Waals surface area contributed by atoms with Crippen molar-refractivity contribution in [2.45, 2.75) is 13.0 Å². The molecule has 0 saturated heterocycles. The van der Waals surface area contributed by atoms with Crippen LogP contribution in [-0.2, 0) is 14.8 Å². The molecule has 1 N–H and O–H groups in total. The molecular weight excluding hydrogens is 301 g/mol. The topological polar surface area (TPSA) is 74.7 Å². The molecule has 0 bridgehead atoms. The lowest BCUT2D eigenvalue weighted by Crippen LogP contribution is -2.43. The Balaban J connectivity index is 3.40. The van der Waals surface area contributed by atoms with E-state index in [1.54, 1.807) is 0 Å². The number of rotatable bonds is 4. The molecule has 1 aromatic carbocycles. The second kappa shape index (κ2) is 5.34. The van der Waals surface area contributed by atoms with Gasteiger partial charge in [-0.2, -0.15) is 0 Å². The Morgan fingerprint density at radius 1 is 1.39 bits per heavy atom. The monoisotopic (exact) mass is 311 g/mol. The van der Waals surface area contributed by atoms with E-state index in [9.17, 15) is 13.2 Å². The molecule has 1 atom stereocenters. The number of carbonyl (C=O) groups is 1. The summed E-state index contributed by atoms with van der Waals surface area (Å²) in [5.41, 5.74) is 0.0819. The zero-order chi connectivity index (χ0) is 14.1. The summed E-state index contributed by atoms with van der Waals surface area (Å²) >= 11 is 11.6. The minimum Gasteiger partial charge on any atom is -0.480 e. The molecule has 0 aliphatic carbocycles. The van der Waals surface area contributed by atoms with E-state index in [0.29, 0.717) is 5.02 Å². The second-order valence-corrected chi connectivity index (χ2v) is 6.37. The molecule has 1 unspecified atom stereocenters. The van der Waals surface area contributed by atoms with Crippen LogP contribution in [-0.4, -0.2) is 31.8 Å². The van der Waals surface area contributed by atoms with Crippen LogP contribution >= 0.6 is 23.2 Å². The summed E-state index contributed by atoms with van der Waals surface area (Å²) in [6.07, 6.45) is 0.914. The molecule has 0 radical (unpaired) electrons. The number of halogens is 2. The van der Waals surface area contributed by atoms with Crippen molar-refractivity contribution in [3.8, 4) is 0 Å². The van der Waals surface area contributed by atoms with Crippen molar-refractivity contribution in [3.05, 3.63) is 28.2 Å². The third-order valence-electron chi connectivity index (χ3n) is 2.21. The van der Waals surface area contributed by atoms with Gasteiger partial charge in [0, 0.05) is 5.02 Å². The van der Waals surface area contributed by atoms with E-state index < -0.39 is 22.0 Å². The van der Waals surface area contributed by atoms with Crippen LogP contribution in [0.25, 0.3) is 0 Å². The van der Waals surface area contributed by atoms with Crippen LogP contribution in [0.3, 0.4) is 0 Å². The number of hydrogen-bond acceptors (Lipinski definition) is 3. The largest absolute Gasteiger partial charge is 0.480 e. The lowest BCUT2D eigenvalue weighted by molar-refractivity contribution is -0.137. The molecular formula is C10H11Cl2NO4S. The van der Waals surface area contributed by atoms with E-state index in [0.717, 1.165) is 10.6 Å². The number of carboxylic acids is 1. The lowest BCUT2D eigenvalue weighted by Gasteiger charge is -2.27. The fraction of sp³-hybridized carbons (Fsp3) is 0.300. The minimum absolute atomic E-state index is 0.0704. The van der Waals surface area contributed by atoms with Gasteiger partial charge in [-0.05, 0) is 25.1 Å². The van der Waals surface area contributed by atoms with Gasteiger partial charge in [-0.3, -0.25) is 4.31 Å². The Bertz CT molecular complexity index is 573. The zero-order valence-corrected chi connectivity index (χ0v) is 11.9. The number of hydrogen-bond donors (Lipinski definition) is 1. The summed E-state index contributed by atoms with van der Waals surface area (Å²) in [7, 11) is -3.77. The molecule has 0 heterocycles. The van der Waals surface area contributed by atoms with Gasteiger partial charge in [0.05, 0.1) is 17.0 Å². The van der Waals surface area contributed by atoms with E-state index in [-0.39, 0.29) is 10.7 Å². The van der Waals surface area contributed by atoms with Crippen LogP contribution in [0.2, 0.25) is 10.0 Å². The van der Waals surface area contributed by atoms with Gasteiger partial charge >= 0.3 is 5.97 Å². The van der Waals surface area contributed by atoms with Gasteiger partial charge in [-0.1, -0.05) is 23.2 Å². The summed E-state index contributed by atoms with van der Waals surface area (Å²) < 4.78 is 24.1. The van der Waals surface area contributed by atoms with Crippen molar-refractivity contribution >= 4 is 44.9 Å². The third kappa shape index (κ3) is 3.28. The highest BCUT2D eigenvalue weighted by atomic mass is 35.5. The number of sulfonamides is 1. The maximum absolute atomic E-state index is 11.7. The van der Waals surface area contributed by atoms with Crippen LogP contribution in [0.1, 0.15) is 6.92 Å². The summed E-state index contributed by atoms with van der Waals surface area (Å²) in [4.78, 5) is 11.0. The van der Waals surface area contributed by atoms with Gasteiger partial charge < -0.3 is 5.11 Å². The summed E-state index contributed by atoms with van der Waals surface area (Å²) in [6, 6.07) is 2.89. The van der Waals surface area contributed by atoms with Crippen molar-refractivity contribution in [1.82, 2.24) is 0 Å². The number of anilines is 1. The van der Waals surface area contributed by atoms with Gasteiger partial charge in [0.15, 0.2) is 0 Å². The van der Waals surface area contributed by atoms with Gasteiger partial charge in [-0.25, -0.2) is 13.2 Å². The summed E-state index contributed by atoms with van der Waals surface area (Å²) in [6.45, 7) is 1.26. The molecule has 8 heteroatoms. The first kappa shape index (κ1) is 15.1. The first-order valence-electron chi connectivity index (χ1n) is 4.82. The predicted molar refractivity (Wildman–Crippen MR) is 70.9 cm³/mol. The molecule has 0 spiro atoms. The molecule has 0 aliphatic rings. The second-order valence-electron chi connectivity index (χ2n) is 3.67. The molecule has 100 valence electrons. The van der Waals surface area contributed by atoms with Gasteiger partial charge in [0.25, 0.3) is 0 Å². The minimum atomic E-state index is -3.77. The Morgan fingerprint density at radius 3 is 2.33 bits per heavy atom. The first-order valence-corrected chi connectivity index (χ1v) is 7.42. The van der Waals surface area contributed by atoms with E-state index >= 15 is 0 Å². The van der Waals surface area contributed by atoms with Crippen LogP contribution < -0.4 is 4.31 Å². The van der Waals surface area contributed by atoms with Crippen LogP contribution in [0.15, 0.2) is 18.2 Å². The average molecular weight is 312 g/mol.